The number of imidazole rings is 1. The van der Waals surface area contributed by atoms with Gasteiger partial charge in [-0.25, -0.2) is 4.98 Å². The molecule has 0 saturated carbocycles. The molecule has 5 rings (SSSR count). The Morgan fingerprint density at radius 2 is 1.76 bits per heavy atom. The summed E-state index contributed by atoms with van der Waals surface area (Å²) < 4.78 is 3.33. The SMILES string of the molecule is Cn1ccnc1C(O)(c1ccc2c(c1)c(-c1cccc(Cl)c1)cc(=O)n2C)c1ccc(Cl)cn1. The molecule has 0 aliphatic heterocycles. The quantitative estimate of drug-likeness (QED) is 0.387. The normalized spacial score (nSPS) is 13.2. The fourth-order valence-electron chi connectivity index (χ4n) is 4.28. The summed E-state index contributed by atoms with van der Waals surface area (Å²) in [4.78, 5) is 21.6. The van der Waals surface area contributed by atoms with Crippen molar-refractivity contribution in [3.05, 3.63) is 117 Å². The van der Waals surface area contributed by atoms with Crippen molar-refractivity contribution < 1.29 is 5.11 Å². The van der Waals surface area contributed by atoms with Crippen LogP contribution in [-0.2, 0) is 19.7 Å². The summed E-state index contributed by atoms with van der Waals surface area (Å²) in [7, 11) is 3.53. The second kappa shape index (κ2) is 8.40. The van der Waals surface area contributed by atoms with Gasteiger partial charge < -0.3 is 14.2 Å². The highest BCUT2D eigenvalue weighted by molar-refractivity contribution is 6.31. The number of benzene rings is 2. The second-order valence-corrected chi connectivity index (χ2v) is 9.00. The third kappa shape index (κ3) is 3.60. The summed E-state index contributed by atoms with van der Waals surface area (Å²) in [6.07, 6.45) is 4.88. The maximum atomic E-state index is 12.7. The number of aliphatic hydroxyl groups is 1. The van der Waals surface area contributed by atoms with Crippen molar-refractivity contribution >= 4 is 34.1 Å². The lowest BCUT2D eigenvalue weighted by Crippen LogP contribution is -2.33. The van der Waals surface area contributed by atoms with Crippen LogP contribution >= 0.6 is 23.2 Å². The zero-order chi connectivity index (χ0) is 24.0. The van der Waals surface area contributed by atoms with Crippen LogP contribution in [0.2, 0.25) is 10.0 Å². The molecule has 6 nitrogen and oxygen atoms in total. The van der Waals surface area contributed by atoms with Gasteiger partial charge in [0, 0.05) is 49.2 Å². The number of nitrogens with zero attached hydrogens (tertiary/aromatic N) is 4. The molecule has 0 radical (unpaired) electrons. The van der Waals surface area contributed by atoms with E-state index in [1.54, 1.807) is 58.9 Å². The lowest BCUT2D eigenvalue weighted by atomic mass is 9.87. The number of aryl methyl sites for hydroxylation is 2. The molecule has 0 spiro atoms. The predicted molar refractivity (Wildman–Crippen MR) is 134 cm³/mol. The van der Waals surface area contributed by atoms with Crippen LogP contribution in [-0.4, -0.2) is 24.2 Å². The summed E-state index contributed by atoms with van der Waals surface area (Å²) in [6, 6.07) is 17.8. The van der Waals surface area contributed by atoms with E-state index in [-0.39, 0.29) is 5.56 Å². The Kier molecular flexibility index (Phi) is 5.52. The first-order valence-electron chi connectivity index (χ1n) is 10.5. The van der Waals surface area contributed by atoms with Crippen LogP contribution in [0.3, 0.4) is 0 Å². The third-order valence-electron chi connectivity index (χ3n) is 6.04. The zero-order valence-electron chi connectivity index (χ0n) is 18.4. The first-order chi connectivity index (χ1) is 16.3. The maximum absolute atomic E-state index is 12.7. The van der Waals surface area contributed by atoms with E-state index in [0.717, 1.165) is 16.5 Å². The van der Waals surface area contributed by atoms with Crippen molar-refractivity contribution in [1.29, 1.82) is 0 Å². The number of aromatic nitrogens is 4. The predicted octanol–water partition coefficient (Wildman–Crippen LogP) is 4.93. The Morgan fingerprint density at radius 1 is 0.941 bits per heavy atom. The monoisotopic (exact) mass is 490 g/mol. The highest BCUT2D eigenvalue weighted by atomic mass is 35.5. The molecular formula is C26H20Cl2N4O2. The maximum Gasteiger partial charge on any atom is 0.251 e. The highest BCUT2D eigenvalue weighted by Crippen LogP contribution is 2.38. The summed E-state index contributed by atoms with van der Waals surface area (Å²) in [6.45, 7) is 0. The van der Waals surface area contributed by atoms with E-state index in [1.807, 2.05) is 37.4 Å². The van der Waals surface area contributed by atoms with Gasteiger partial charge in [0.2, 0.25) is 0 Å². The third-order valence-corrected chi connectivity index (χ3v) is 6.50. The highest BCUT2D eigenvalue weighted by Gasteiger charge is 2.39. The van der Waals surface area contributed by atoms with Crippen LogP contribution in [0.15, 0.2) is 84.0 Å². The lowest BCUT2D eigenvalue weighted by Gasteiger charge is -2.28. The van der Waals surface area contributed by atoms with Gasteiger partial charge in [-0.1, -0.05) is 41.4 Å². The van der Waals surface area contributed by atoms with Crippen LogP contribution in [0.4, 0.5) is 0 Å². The number of fused-ring (bicyclic) bond motifs is 1. The van der Waals surface area contributed by atoms with Gasteiger partial charge in [-0.15, -0.1) is 0 Å². The van der Waals surface area contributed by atoms with Crippen molar-refractivity contribution in [2.24, 2.45) is 14.1 Å². The van der Waals surface area contributed by atoms with E-state index in [2.05, 4.69) is 9.97 Å². The minimum absolute atomic E-state index is 0.144. The molecule has 5 aromatic rings. The molecule has 0 aliphatic rings. The molecule has 3 aromatic heterocycles. The smallest absolute Gasteiger partial charge is 0.251 e. The van der Waals surface area contributed by atoms with Crippen molar-refractivity contribution in [2.75, 3.05) is 0 Å². The first kappa shape index (κ1) is 22.3. The fourth-order valence-corrected chi connectivity index (χ4v) is 4.58. The van der Waals surface area contributed by atoms with E-state index >= 15 is 0 Å². The molecule has 0 fully saturated rings. The molecule has 1 N–H and O–H groups in total. The van der Waals surface area contributed by atoms with Crippen LogP contribution in [0.1, 0.15) is 17.1 Å². The molecule has 0 bridgehead atoms. The van der Waals surface area contributed by atoms with Gasteiger partial charge in [0.1, 0.15) is 0 Å². The van der Waals surface area contributed by atoms with Gasteiger partial charge in [-0.05, 0) is 53.1 Å². The molecule has 1 atom stereocenters. The van der Waals surface area contributed by atoms with Crippen molar-refractivity contribution in [3.63, 3.8) is 0 Å². The van der Waals surface area contributed by atoms with E-state index < -0.39 is 5.60 Å². The average Bonchev–Trinajstić information content (AvgIpc) is 3.27. The summed E-state index contributed by atoms with van der Waals surface area (Å²) in [5.41, 5.74) is 1.35. The van der Waals surface area contributed by atoms with Crippen molar-refractivity contribution in [3.8, 4) is 11.1 Å². The molecule has 8 heteroatoms. The van der Waals surface area contributed by atoms with E-state index in [9.17, 15) is 9.90 Å². The Hall–Kier alpha value is -3.45. The van der Waals surface area contributed by atoms with Gasteiger partial charge in [0.25, 0.3) is 5.56 Å². The first-order valence-corrected chi connectivity index (χ1v) is 11.3. The van der Waals surface area contributed by atoms with E-state index in [0.29, 0.717) is 32.7 Å². The van der Waals surface area contributed by atoms with Crippen LogP contribution in [0, 0.1) is 0 Å². The Balaban J connectivity index is 1.84. The van der Waals surface area contributed by atoms with Crippen LogP contribution in [0.25, 0.3) is 22.0 Å². The van der Waals surface area contributed by atoms with Gasteiger partial charge in [-0.3, -0.25) is 9.78 Å². The van der Waals surface area contributed by atoms with Gasteiger partial charge in [-0.2, -0.15) is 0 Å². The molecule has 0 aliphatic carbocycles. The topological polar surface area (TPSA) is 72.9 Å². The summed E-state index contributed by atoms with van der Waals surface area (Å²) in [5.74, 6) is 0.399. The van der Waals surface area contributed by atoms with Crippen molar-refractivity contribution in [2.45, 2.75) is 5.60 Å². The summed E-state index contributed by atoms with van der Waals surface area (Å²) >= 11 is 12.3. The molecule has 34 heavy (non-hydrogen) atoms. The van der Waals surface area contributed by atoms with Gasteiger partial charge in [0.15, 0.2) is 11.4 Å². The largest absolute Gasteiger partial charge is 0.372 e. The molecule has 3 heterocycles. The molecule has 170 valence electrons. The zero-order valence-corrected chi connectivity index (χ0v) is 19.9. The van der Waals surface area contributed by atoms with Gasteiger partial charge in [0.05, 0.1) is 16.2 Å². The Labute approximate surface area is 205 Å². The van der Waals surface area contributed by atoms with E-state index in [4.69, 9.17) is 23.2 Å². The lowest BCUT2D eigenvalue weighted by molar-refractivity contribution is 0.108. The Bertz CT molecular complexity index is 1590. The number of rotatable bonds is 4. The molecule has 1 unspecified atom stereocenters. The van der Waals surface area contributed by atoms with Crippen LogP contribution in [0.5, 0.6) is 0 Å². The number of pyridine rings is 2. The number of halogens is 2. The molecule has 0 saturated heterocycles. The fraction of sp³-hybridized carbons (Fsp3) is 0.115. The molecular weight excluding hydrogens is 471 g/mol. The standard InChI is InChI=1S/C26H20Cl2N4O2/c1-31-11-10-29-25(31)26(34,23-9-7-19(28)15-30-23)17-6-8-22-21(13-17)20(14-24(33)32(22)2)16-4-3-5-18(27)12-16/h3-15,34H,1-2H3. The molecule has 2 aromatic carbocycles. The minimum Gasteiger partial charge on any atom is -0.372 e. The van der Waals surface area contributed by atoms with Gasteiger partial charge >= 0.3 is 0 Å². The minimum atomic E-state index is -1.67. The number of hydrogen-bond acceptors (Lipinski definition) is 4. The molecule has 0 amide bonds. The van der Waals surface area contributed by atoms with E-state index in [1.165, 1.54) is 6.20 Å². The second-order valence-electron chi connectivity index (χ2n) is 8.13. The Morgan fingerprint density at radius 3 is 2.44 bits per heavy atom. The average molecular weight is 491 g/mol. The van der Waals surface area contributed by atoms with Crippen LogP contribution < -0.4 is 5.56 Å². The summed E-state index contributed by atoms with van der Waals surface area (Å²) in [5, 5.41) is 14.0. The van der Waals surface area contributed by atoms with Crippen molar-refractivity contribution in [1.82, 2.24) is 19.1 Å². The number of hydrogen-bond donors (Lipinski definition) is 1.